The van der Waals surface area contributed by atoms with Crippen LogP contribution in [0.5, 0.6) is 5.75 Å². The number of rotatable bonds is 3. The Morgan fingerprint density at radius 1 is 1.47 bits per heavy atom. The normalized spacial score (nSPS) is 18.7. The van der Waals surface area contributed by atoms with E-state index in [0.717, 1.165) is 22.5 Å². The molecule has 1 atom stereocenters. The van der Waals surface area contributed by atoms with Crippen molar-refractivity contribution in [2.75, 3.05) is 13.7 Å². The molecule has 1 fully saturated rings. The number of nitrogens with zero attached hydrogens (tertiary/aromatic N) is 2. The molecule has 0 radical (unpaired) electrons. The Balaban J connectivity index is 1.98. The lowest BCUT2D eigenvalue weighted by molar-refractivity contribution is 0.412. The van der Waals surface area contributed by atoms with Gasteiger partial charge in [0, 0.05) is 11.7 Å². The minimum Gasteiger partial charge on any atom is -0.496 e. The third-order valence-corrected chi connectivity index (χ3v) is 4.12. The van der Waals surface area contributed by atoms with Gasteiger partial charge in [-0.25, -0.2) is 4.98 Å². The summed E-state index contributed by atoms with van der Waals surface area (Å²) in [5.41, 5.74) is 2.31. The summed E-state index contributed by atoms with van der Waals surface area (Å²) < 4.78 is 8.35. The zero-order valence-corrected chi connectivity index (χ0v) is 12.4. The summed E-state index contributed by atoms with van der Waals surface area (Å²) in [5.74, 6) is 0.837. The maximum absolute atomic E-state index is 5.26. The number of halogens is 1. The van der Waals surface area contributed by atoms with E-state index in [1.54, 1.807) is 7.11 Å². The summed E-state index contributed by atoms with van der Waals surface area (Å²) in [5, 5.41) is 3.51. The first-order chi connectivity index (χ1) is 9.29. The number of nitrogens with one attached hydrogen (secondary N) is 1. The Labute approximate surface area is 120 Å². The van der Waals surface area contributed by atoms with Gasteiger partial charge in [-0.1, -0.05) is 0 Å². The van der Waals surface area contributed by atoms with Gasteiger partial charge >= 0.3 is 0 Å². The number of benzene rings is 1. The van der Waals surface area contributed by atoms with Gasteiger partial charge in [-0.05, 0) is 53.5 Å². The Morgan fingerprint density at radius 3 is 3.05 bits per heavy atom. The number of methoxy groups -OCH3 is 1. The molecule has 1 aromatic heterocycles. The molecule has 1 N–H and O–H groups in total. The molecule has 0 saturated carbocycles. The van der Waals surface area contributed by atoms with Gasteiger partial charge in [-0.3, -0.25) is 0 Å². The molecular formula is C14H16BrN3O. The van der Waals surface area contributed by atoms with Crippen molar-refractivity contribution in [3.63, 3.8) is 0 Å². The van der Waals surface area contributed by atoms with E-state index in [0.29, 0.717) is 6.04 Å². The van der Waals surface area contributed by atoms with Gasteiger partial charge in [-0.15, -0.1) is 0 Å². The molecule has 1 aliphatic rings. The van der Waals surface area contributed by atoms with Crippen molar-refractivity contribution >= 4 is 15.9 Å². The quantitative estimate of drug-likeness (QED) is 0.944. The highest BCUT2D eigenvalue weighted by Gasteiger charge is 2.20. The van der Waals surface area contributed by atoms with Crippen molar-refractivity contribution in [3.05, 3.63) is 40.9 Å². The Kier molecular flexibility index (Phi) is 3.57. The molecule has 2 aromatic rings. The molecule has 1 aliphatic heterocycles. The van der Waals surface area contributed by atoms with E-state index in [4.69, 9.17) is 4.74 Å². The fraction of sp³-hybridized carbons (Fsp3) is 0.357. The summed E-state index contributed by atoms with van der Waals surface area (Å²) in [6.45, 7) is 1.09. The summed E-state index contributed by atoms with van der Waals surface area (Å²) in [6, 6.07) is 6.47. The van der Waals surface area contributed by atoms with Crippen LogP contribution in [0.2, 0.25) is 0 Å². The van der Waals surface area contributed by atoms with E-state index in [2.05, 4.69) is 36.9 Å². The topological polar surface area (TPSA) is 39.1 Å². The van der Waals surface area contributed by atoms with Gasteiger partial charge in [0.1, 0.15) is 5.75 Å². The van der Waals surface area contributed by atoms with Gasteiger partial charge in [0.25, 0.3) is 0 Å². The number of aromatic nitrogens is 2. The lowest BCUT2D eigenvalue weighted by Crippen LogP contribution is -2.16. The van der Waals surface area contributed by atoms with Crippen LogP contribution in [0.4, 0.5) is 0 Å². The summed E-state index contributed by atoms with van der Waals surface area (Å²) in [4.78, 5) is 4.29. The van der Waals surface area contributed by atoms with Crippen LogP contribution >= 0.6 is 15.9 Å². The number of hydrogen-bond donors (Lipinski definition) is 1. The molecular weight excluding hydrogens is 306 g/mol. The maximum atomic E-state index is 5.26. The van der Waals surface area contributed by atoms with Crippen molar-refractivity contribution < 1.29 is 4.74 Å². The van der Waals surface area contributed by atoms with E-state index in [1.165, 1.54) is 18.5 Å². The standard InChI is InChI=1S/C14H16BrN3O/c1-19-14-5-4-10(7-11(14)15)18-9-16-8-13(18)12-3-2-6-17-12/h4-5,7-9,12,17H,2-3,6H2,1H3/t12-/m0/s1. The molecule has 3 rings (SSSR count). The zero-order chi connectivity index (χ0) is 13.2. The summed E-state index contributed by atoms with van der Waals surface area (Å²) in [7, 11) is 1.67. The molecule has 19 heavy (non-hydrogen) atoms. The highest BCUT2D eigenvalue weighted by molar-refractivity contribution is 9.10. The molecule has 0 unspecified atom stereocenters. The smallest absolute Gasteiger partial charge is 0.133 e. The zero-order valence-electron chi connectivity index (χ0n) is 10.8. The Bertz CT molecular complexity index is 576. The summed E-state index contributed by atoms with van der Waals surface area (Å²) >= 11 is 3.53. The third-order valence-electron chi connectivity index (χ3n) is 3.50. The molecule has 1 aromatic carbocycles. The predicted molar refractivity (Wildman–Crippen MR) is 77.8 cm³/mol. The van der Waals surface area contributed by atoms with Crippen LogP contribution in [0.1, 0.15) is 24.6 Å². The molecule has 2 heterocycles. The second-order valence-electron chi connectivity index (χ2n) is 4.66. The largest absolute Gasteiger partial charge is 0.496 e. The van der Waals surface area contributed by atoms with E-state index >= 15 is 0 Å². The minimum absolute atomic E-state index is 0.406. The van der Waals surface area contributed by atoms with Gasteiger partial charge in [0.15, 0.2) is 0 Å². The third kappa shape index (κ3) is 2.40. The highest BCUT2D eigenvalue weighted by atomic mass is 79.9. The van der Waals surface area contributed by atoms with Gasteiger partial charge in [0.05, 0.1) is 29.8 Å². The van der Waals surface area contributed by atoms with Crippen molar-refractivity contribution in [1.82, 2.24) is 14.9 Å². The second kappa shape index (κ2) is 5.35. The first kappa shape index (κ1) is 12.7. The maximum Gasteiger partial charge on any atom is 0.133 e. The van der Waals surface area contributed by atoms with Crippen molar-refractivity contribution in [3.8, 4) is 11.4 Å². The van der Waals surface area contributed by atoms with Crippen molar-refractivity contribution in [2.24, 2.45) is 0 Å². The first-order valence-electron chi connectivity index (χ1n) is 6.39. The number of hydrogen-bond acceptors (Lipinski definition) is 3. The number of ether oxygens (including phenoxy) is 1. The second-order valence-corrected chi connectivity index (χ2v) is 5.51. The van der Waals surface area contributed by atoms with Crippen LogP contribution in [-0.4, -0.2) is 23.2 Å². The minimum atomic E-state index is 0.406. The van der Waals surface area contributed by atoms with Gasteiger partial charge in [-0.2, -0.15) is 0 Å². The molecule has 4 nitrogen and oxygen atoms in total. The van der Waals surface area contributed by atoms with Crippen LogP contribution in [0, 0.1) is 0 Å². The number of imidazole rings is 1. The van der Waals surface area contributed by atoms with E-state index < -0.39 is 0 Å². The fourth-order valence-corrected chi connectivity index (χ4v) is 3.05. The molecule has 1 saturated heterocycles. The van der Waals surface area contributed by atoms with E-state index in [9.17, 15) is 0 Å². The molecule has 5 heteroatoms. The lowest BCUT2D eigenvalue weighted by atomic mass is 10.1. The molecule has 0 aliphatic carbocycles. The molecule has 0 amide bonds. The van der Waals surface area contributed by atoms with Crippen LogP contribution in [0.15, 0.2) is 35.2 Å². The molecule has 0 spiro atoms. The monoisotopic (exact) mass is 321 g/mol. The Hall–Kier alpha value is -1.33. The van der Waals surface area contributed by atoms with Crippen LogP contribution in [-0.2, 0) is 0 Å². The lowest BCUT2D eigenvalue weighted by Gasteiger charge is -2.14. The van der Waals surface area contributed by atoms with Crippen LogP contribution < -0.4 is 10.1 Å². The van der Waals surface area contributed by atoms with Gasteiger partial charge < -0.3 is 14.6 Å². The fourth-order valence-electron chi connectivity index (χ4n) is 2.52. The van der Waals surface area contributed by atoms with Crippen molar-refractivity contribution in [2.45, 2.75) is 18.9 Å². The first-order valence-corrected chi connectivity index (χ1v) is 7.18. The molecule has 100 valence electrons. The van der Waals surface area contributed by atoms with E-state index in [-0.39, 0.29) is 0 Å². The SMILES string of the molecule is COc1ccc(-n2cncc2[C@@H]2CCCN2)cc1Br. The van der Waals surface area contributed by atoms with Gasteiger partial charge in [0.2, 0.25) is 0 Å². The average Bonchev–Trinajstić information content (AvgIpc) is 3.09. The van der Waals surface area contributed by atoms with Crippen molar-refractivity contribution in [1.29, 1.82) is 0 Å². The van der Waals surface area contributed by atoms with Crippen LogP contribution in [0.25, 0.3) is 5.69 Å². The molecule has 0 bridgehead atoms. The van der Waals surface area contributed by atoms with E-state index in [1.807, 2.05) is 24.7 Å². The average molecular weight is 322 g/mol. The Morgan fingerprint density at radius 2 is 2.37 bits per heavy atom. The predicted octanol–water partition coefficient (Wildman–Crippen LogP) is 3.07. The summed E-state index contributed by atoms with van der Waals surface area (Å²) in [6.07, 6.45) is 6.20. The highest BCUT2D eigenvalue weighted by Crippen LogP contribution is 2.30. The van der Waals surface area contributed by atoms with Crippen LogP contribution in [0.3, 0.4) is 0 Å².